The lowest BCUT2D eigenvalue weighted by atomic mass is 9.62. The lowest BCUT2D eigenvalue weighted by Crippen LogP contribution is -2.48. The van der Waals surface area contributed by atoms with Crippen molar-refractivity contribution in [3.8, 4) is 0 Å². The Morgan fingerprint density at radius 1 is 0.947 bits per heavy atom. The maximum absolute atomic E-state index is 11.3. The van der Waals surface area contributed by atoms with Gasteiger partial charge in [-0.25, -0.2) is 4.79 Å². The van der Waals surface area contributed by atoms with Crippen molar-refractivity contribution in [1.29, 1.82) is 0 Å². The average molecular weight is 521 g/mol. The monoisotopic (exact) mass is 520 g/mol. The number of aliphatic carboxylic acids is 1. The van der Waals surface area contributed by atoms with Crippen molar-refractivity contribution in [2.45, 2.75) is 63.9 Å². The molecule has 0 bridgehead atoms. The molecule has 1 heterocycles. The first-order chi connectivity index (χ1) is 17.9. The van der Waals surface area contributed by atoms with Gasteiger partial charge in [0.1, 0.15) is 0 Å². The molecule has 2 aromatic carbocycles. The molecule has 0 radical (unpaired) electrons. The predicted molar refractivity (Wildman–Crippen MR) is 150 cm³/mol. The van der Waals surface area contributed by atoms with Crippen LogP contribution in [0, 0.1) is 0 Å². The van der Waals surface area contributed by atoms with Gasteiger partial charge in [0, 0.05) is 38.4 Å². The summed E-state index contributed by atoms with van der Waals surface area (Å²) in [5, 5.41) is 29.4. The summed E-state index contributed by atoms with van der Waals surface area (Å²) < 4.78 is 0. The van der Waals surface area contributed by atoms with Gasteiger partial charge in [-0.3, -0.25) is 9.69 Å². The van der Waals surface area contributed by atoms with E-state index in [9.17, 15) is 14.7 Å². The molecule has 7 heteroatoms. The molecule has 0 saturated carbocycles. The largest absolute Gasteiger partial charge is 0.481 e. The number of hydrogen-bond acceptors (Lipinski definition) is 5. The number of nitrogens with zero attached hydrogens (tertiary/aromatic N) is 2. The Morgan fingerprint density at radius 2 is 1.58 bits per heavy atom. The first kappa shape index (κ1) is 27.9. The third kappa shape index (κ3) is 6.11. The van der Waals surface area contributed by atoms with Crippen molar-refractivity contribution in [1.82, 2.24) is 4.90 Å². The Morgan fingerprint density at radius 3 is 2.18 bits per heavy atom. The molecule has 1 fully saturated rings. The third-order valence-corrected chi connectivity index (χ3v) is 8.25. The van der Waals surface area contributed by atoms with Gasteiger partial charge >= 0.3 is 11.9 Å². The summed E-state index contributed by atoms with van der Waals surface area (Å²) in [6.07, 6.45) is 5.09. The van der Waals surface area contributed by atoms with E-state index >= 15 is 0 Å². The topological polar surface area (TPSA) is 101 Å². The second-order valence-corrected chi connectivity index (χ2v) is 11.9. The van der Waals surface area contributed by atoms with Crippen molar-refractivity contribution < 1.29 is 24.9 Å². The van der Waals surface area contributed by atoms with Crippen molar-refractivity contribution in [2.24, 2.45) is 0 Å². The Hall–Kier alpha value is -3.16. The number of aliphatic hydroxyl groups is 1. The van der Waals surface area contributed by atoms with Crippen LogP contribution < -0.4 is 4.90 Å². The summed E-state index contributed by atoms with van der Waals surface area (Å²) in [6.45, 7) is 13.0. The highest BCUT2D eigenvalue weighted by Gasteiger charge is 2.40. The molecule has 4 rings (SSSR count). The van der Waals surface area contributed by atoms with Crippen LogP contribution in [0.2, 0.25) is 0 Å². The van der Waals surface area contributed by atoms with E-state index in [-0.39, 0.29) is 22.8 Å². The Labute approximate surface area is 225 Å². The molecule has 1 aliphatic carbocycles. The molecule has 7 nitrogen and oxygen atoms in total. The van der Waals surface area contributed by atoms with Crippen LogP contribution in [0.15, 0.2) is 42.5 Å². The van der Waals surface area contributed by atoms with E-state index in [0.29, 0.717) is 6.54 Å². The number of rotatable bonds is 8. The standard InChI is InChI=1S/C31H40N2O5/c1-30(2)12-13-31(3,4)28-24(30)19-23(26(34)10-7-21-5-8-22(9-6-21)29(37)38)20-25(28)33-17-15-32(16-18-33)14-11-27(35)36/h5-10,19-20,26,34H,11-18H2,1-4H3,(H,35,36)(H,37,38)/b10-7-. The molecule has 3 N–H and O–H groups in total. The van der Waals surface area contributed by atoms with E-state index in [4.69, 9.17) is 10.2 Å². The van der Waals surface area contributed by atoms with Crippen LogP contribution in [-0.2, 0) is 15.6 Å². The Bertz CT molecular complexity index is 1210. The molecule has 0 amide bonds. The quantitative estimate of drug-likeness (QED) is 0.446. The van der Waals surface area contributed by atoms with Gasteiger partial charge < -0.3 is 20.2 Å². The second-order valence-electron chi connectivity index (χ2n) is 11.9. The third-order valence-electron chi connectivity index (χ3n) is 8.25. The molecule has 0 spiro atoms. The summed E-state index contributed by atoms with van der Waals surface area (Å²) in [7, 11) is 0. The number of aliphatic hydroxyl groups excluding tert-OH is 1. The number of hydrogen-bond donors (Lipinski definition) is 3. The molecule has 1 atom stereocenters. The molecule has 2 aliphatic rings. The zero-order valence-corrected chi connectivity index (χ0v) is 22.9. The van der Waals surface area contributed by atoms with Crippen molar-refractivity contribution >= 4 is 23.7 Å². The highest BCUT2D eigenvalue weighted by molar-refractivity contribution is 5.87. The normalized spacial score (nSPS) is 19.8. The summed E-state index contributed by atoms with van der Waals surface area (Å²) in [5.74, 6) is -1.73. The SMILES string of the molecule is CC1(C)CCC(C)(C)c2c(N3CCN(CCC(=O)O)CC3)cc(C(O)/C=C\c3ccc(C(=O)O)cc3)cc21. The van der Waals surface area contributed by atoms with Crippen molar-refractivity contribution in [2.75, 3.05) is 37.6 Å². The smallest absolute Gasteiger partial charge is 0.335 e. The number of carboxylic acid groups (broad SMARTS) is 2. The first-order valence-corrected chi connectivity index (χ1v) is 13.4. The van der Waals surface area contributed by atoms with E-state index in [1.165, 1.54) is 16.8 Å². The van der Waals surface area contributed by atoms with Crippen LogP contribution in [0.25, 0.3) is 6.08 Å². The number of aromatic carboxylic acids is 1. The minimum Gasteiger partial charge on any atom is -0.481 e. The van der Waals surface area contributed by atoms with Gasteiger partial charge in [0.15, 0.2) is 0 Å². The van der Waals surface area contributed by atoms with Gasteiger partial charge in [-0.1, -0.05) is 58.0 Å². The predicted octanol–water partition coefficient (Wildman–Crippen LogP) is 5.08. The van der Waals surface area contributed by atoms with E-state index in [1.54, 1.807) is 30.3 Å². The summed E-state index contributed by atoms with van der Waals surface area (Å²) in [4.78, 5) is 26.8. The highest BCUT2D eigenvalue weighted by Crippen LogP contribution is 2.50. The van der Waals surface area contributed by atoms with E-state index in [2.05, 4.69) is 49.6 Å². The summed E-state index contributed by atoms with van der Waals surface area (Å²) in [6, 6.07) is 10.9. The van der Waals surface area contributed by atoms with Gasteiger partial charge in [0.2, 0.25) is 0 Å². The second kappa shape index (κ2) is 10.9. The molecule has 1 aliphatic heterocycles. The molecular weight excluding hydrogens is 480 g/mol. The molecule has 1 unspecified atom stereocenters. The van der Waals surface area contributed by atoms with E-state index < -0.39 is 18.0 Å². The Balaban J connectivity index is 1.66. The number of carboxylic acids is 2. The molecular formula is C31H40N2O5. The maximum atomic E-state index is 11.3. The number of anilines is 1. The highest BCUT2D eigenvalue weighted by atomic mass is 16.4. The minimum absolute atomic E-state index is 0.00579. The molecule has 1 saturated heterocycles. The fourth-order valence-electron chi connectivity index (χ4n) is 5.71. The van der Waals surface area contributed by atoms with Crippen LogP contribution >= 0.6 is 0 Å². The zero-order valence-electron chi connectivity index (χ0n) is 22.9. The minimum atomic E-state index is -0.963. The van der Waals surface area contributed by atoms with Gasteiger partial charge in [-0.15, -0.1) is 0 Å². The number of carbonyl (C=O) groups is 2. The fourth-order valence-corrected chi connectivity index (χ4v) is 5.71. The van der Waals surface area contributed by atoms with Crippen LogP contribution in [0.3, 0.4) is 0 Å². The zero-order chi connectivity index (χ0) is 27.7. The fraction of sp³-hybridized carbons (Fsp3) is 0.484. The molecule has 2 aromatic rings. The molecule has 204 valence electrons. The summed E-state index contributed by atoms with van der Waals surface area (Å²) in [5.41, 5.74) is 5.70. The number of fused-ring (bicyclic) bond motifs is 1. The van der Waals surface area contributed by atoms with Crippen LogP contribution in [-0.4, -0.2) is 64.9 Å². The van der Waals surface area contributed by atoms with Gasteiger partial charge in [-0.05, 0) is 64.1 Å². The lowest BCUT2D eigenvalue weighted by Gasteiger charge is -2.46. The van der Waals surface area contributed by atoms with Gasteiger partial charge in [0.25, 0.3) is 0 Å². The first-order valence-electron chi connectivity index (χ1n) is 13.4. The van der Waals surface area contributed by atoms with Crippen molar-refractivity contribution in [3.05, 3.63) is 70.3 Å². The summed E-state index contributed by atoms with van der Waals surface area (Å²) >= 11 is 0. The van der Waals surface area contributed by atoms with E-state index in [1.807, 2.05) is 6.08 Å². The van der Waals surface area contributed by atoms with Crippen LogP contribution in [0.4, 0.5) is 5.69 Å². The van der Waals surface area contributed by atoms with Crippen LogP contribution in [0.5, 0.6) is 0 Å². The Kier molecular flexibility index (Phi) is 8.00. The van der Waals surface area contributed by atoms with E-state index in [0.717, 1.165) is 50.1 Å². The van der Waals surface area contributed by atoms with Gasteiger partial charge in [-0.2, -0.15) is 0 Å². The average Bonchev–Trinajstić information content (AvgIpc) is 2.88. The number of benzene rings is 2. The lowest BCUT2D eigenvalue weighted by molar-refractivity contribution is -0.137. The number of piperazine rings is 1. The maximum Gasteiger partial charge on any atom is 0.335 e. The van der Waals surface area contributed by atoms with Crippen LogP contribution in [0.1, 0.15) is 85.7 Å². The molecule has 0 aromatic heterocycles. The molecule has 38 heavy (non-hydrogen) atoms. The van der Waals surface area contributed by atoms with Crippen molar-refractivity contribution in [3.63, 3.8) is 0 Å². The van der Waals surface area contributed by atoms with Gasteiger partial charge in [0.05, 0.1) is 18.1 Å².